The summed E-state index contributed by atoms with van der Waals surface area (Å²) < 4.78 is 33.8. The van der Waals surface area contributed by atoms with Crippen LogP contribution in [-0.2, 0) is 21.2 Å². The van der Waals surface area contributed by atoms with Gasteiger partial charge in [-0.3, -0.25) is 9.52 Å². The molecule has 0 bridgehead atoms. The Hall–Kier alpha value is -3.40. The highest BCUT2D eigenvalue weighted by molar-refractivity contribution is 7.92. The number of para-hydroxylation sites is 1. The Bertz CT molecular complexity index is 1250. The zero-order valence-electron chi connectivity index (χ0n) is 14.7. The normalized spacial score (nSPS) is 11.7. The number of aromatic nitrogens is 3. The maximum Gasteiger partial charge on any atom is 0.234 e. The Balaban J connectivity index is 1.31. The third-order valence-corrected chi connectivity index (χ3v) is 5.43. The molecule has 1 aromatic carbocycles. The van der Waals surface area contributed by atoms with Gasteiger partial charge in [0, 0.05) is 24.3 Å². The molecule has 0 atom stereocenters. The van der Waals surface area contributed by atoms with Crippen LogP contribution in [0.15, 0.2) is 59.4 Å². The van der Waals surface area contributed by atoms with Crippen molar-refractivity contribution in [3.63, 3.8) is 0 Å². The van der Waals surface area contributed by atoms with Crippen molar-refractivity contribution < 1.29 is 17.7 Å². The van der Waals surface area contributed by atoms with E-state index >= 15 is 0 Å². The van der Waals surface area contributed by atoms with E-state index in [0.29, 0.717) is 17.0 Å². The smallest absolute Gasteiger partial charge is 0.234 e. The summed E-state index contributed by atoms with van der Waals surface area (Å²) in [5.41, 5.74) is 2.33. The van der Waals surface area contributed by atoms with E-state index in [0.717, 1.165) is 10.9 Å². The van der Waals surface area contributed by atoms with Crippen LogP contribution in [0, 0.1) is 0 Å². The van der Waals surface area contributed by atoms with Crippen LogP contribution in [0.5, 0.6) is 0 Å². The summed E-state index contributed by atoms with van der Waals surface area (Å²) >= 11 is 0. The number of hydrogen-bond donors (Lipinski definition) is 2. The fourth-order valence-corrected chi connectivity index (χ4v) is 3.78. The number of anilines is 1. The number of amides is 1. The largest absolute Gasteiger partial charge is 0.356 e. The number of fused-ring (bicyclic) bond motifs is 2. The van der Waals surface area contributed by atoms with E-state index in [1.807, 2.05) is 18.2 Å². The summed E-state index contributed by atoms with van der Waals surface area (Å²) in [6.07, 6.45) is 3.31. The lowest BCUT2D eigenvalue weighted by atomic mass is 10.2. The topological polar surface area (TPSA) is 119 Å². The Morgan fingerprint density at radius 3 is 2.93 bits per heavy atom. The van der Waals surface area contributed by atoms with Crippen molar-refractivity contribution in [1.29, 1.82) is 0 Å². The Morgan fingerprint density at radius 2 is 2.04 bits per heavy atom. The lowest BCUT2D eigenvalue weighted by Crippen LogP contribution is -2.32. The summed E-state index contributed by atoms with van der Waals surface area (Å²) in [6.45, 7) is -0.0150. The maximum atomic E-state index is 12.2. The molecule has 0 saturated heterocycles. The Labute approximate surface area is 160 Å². The van der Waals surface area contributed by atoms with E-state index < -0.39 is 10.0 Å². The number of pyridine rings is 1. The molecule has 4 rings (SSSR count). The number of carbonyl (C=O) groups excluding carboxylic acids is 1. The number of nitrogens with one attached hydrogen (secondary N) is 2. The Morgan fingerprint density at radius 1 is 1.18 bits per heavy atom. The summed E-state index contributed by atoms with van der Waals surface area (Å²) in [7, 11) is -3.61. The van der Waals surface area contributed by atoms with Gasteiger partial charge in [0.05, 0.1) is 23.4 Å². The van der Waals surface area contributed by atoms with Gasteiger partial charge in [0.25, 0.3) is 0 Å². The number of hydrogen-bond acceptors (Lipinski definition) is 6. The summed E-state index contributed by atoms with van der Waals surface area (Å²) in [5.74, 6) is -0.571. The van der Waals surface area contributed by atoms with E-state index in [1.54, 1.807) is 41.2 Å². The highest BCUT2D eigenvalue weighted by atomic mass is 32.2. The molecule has 4 aromatic rings. The number of rotatable bonds is 7. The number of nitrogens with zero attached hydrogens (tertiary/aromatic N) is 3. The van der Waals surface area contributed by atoms with Crippen LogP contribution in [0.4, 0.5) is 5.69 Å². The molecule has 0 radical (unpaired) electrons. The molecule has 0 unspecified atom stereocenters. The fraction of sp³-hybridized carbons (Fsp3) is 0.167. The predicted molar refractivity (Wildman–Crippen MR) is 103 cm³/mol. The average molecular weight is 399 g/mol. The van der Waals surface area contributed by atoms with Crippen molar-refractivity contribution in [2.45, 2.75) is 6.42 Å². The zero-order chi connectivity index (χ0) is 19.6. The van der Waals surface area contributed by atoms with Crippen LogP contribution in [0.1, 0.15) is 5.69 Å². The molecule has 28 heavy (non-hydrogen) atoms. The molecule has 0 aliphatic heterocycles. The first-order valence-corrected chi connectivity index (χ1v) is 10.2. The minimum Gasteiger partial charge on any atom is -0.356 e. The monoisotopic (exact) mass is 399 g/mol. The molecule has 0 aliphatic rings. The highest BCUT2D eigenvalue weighted by Gasteiger charge is 2.14. The first-order valence-electron chi connectivity index (χ1n) is 8.54. The first kappa shape index (κ1) is 18.0. The van der Waals surface area contributed by atoms with Gasteiger partial charge in [-0.25, -0.2) is 12.9 Å². The molecule has 0 spiro atoms. The molecule has 0 fully saturated rings. The molecule has 0 saturated carbocycles. The van der Waals surface area contributed by atoms with Crippen molar-refractivity contribution in [2.24, 2.45) is 0 Å². The second-order valence-electron chi connectivity index (χ2n) is 6.19. The Kier molecular flexibility index (Phi) is 4.70. The minimum atomic E-state index is -3.61. The first-order chi connectivity index (χ1) is 13.5. The van der Waals surface area contributed by atoms with Gasteiger partial charge in [-0.05, 0) is 30.3 Å². The molecular formula is C18H17N5O4S. The van der Waals surface area contributed by atoms with E-state index in [-0.39, 0.29) is 24.6 Å². The molecule has 2 N–H and O–H groups in total. The van der Waals surface area contributed by atoms with Gasteiger partial charge in [0.15, 0.2) is 5.58 Å². The molecule has 144 valence electrons. The van der Waals surface area contributed by atoms with Crippen molar-refractivity contribution in [1.82, 2.24) is 20.1 Å². The number of sulfonamides is 1. The van der Waals surface area contributed by atoms with Gasteiger partial charge in [-0.1, -0.05) is 17.3 Å². The molecule has 1 amide bonds. The van der Waals surface area contributed by atoms with Gasteiger partial charge >= 0.3 is 0 Å². The molecule has 9 nitrogen and oxygen atoms in total. The maximum absolute atomic E-state index is 12.2. The standard InChI is InChI=1S/C18H17N5O4S/c24-18(12-16-15-3-1-2-4-17(15)27-21-16)19-8-10-28(25,26)22-13-6-9-23-14(11-13)5-7-20-23/h1-7,9,11,22H,8,10,12H2,(H,19,24). The van der Waals surface area contributed by atoms with Crippen molar-refractivity contribution in [3.05, 3.63) is 60.6 Å². The van der Waals surface area contributed by atoms with Gasteiger partial charge in [-0.15, -0.1) is 0 Å². The SMILES string of the molecule is O=C(Cc1noc2ccccc12)NCCS(=O)(=O)Nc1ccn2nccc2c1. The van der Waals surface area contributed by atoms with Crippen molar-refractivity contribution in [3.8, 4) is 0 Å². The minimum absolute atomic E-state index is 0.0150. The number of benzene rings is 1. The van der Waals surface area contributed by atoms with Gasteiger partial charge in [0.2, 0.25) is 15.9 Å². The second kappa shape index (κ2) is 7.31. The second-order valence-corrected chi connectivity index (χ2v) is 8.03. The van der Waals surface area contributed by atoms with Crippen LogP contribution in [0.2, 0.25) is 0 Å². The highest BCUT2D eigenvalue weighted by Crippen LogP contribution is 2.18. The van der Waals surface area contributed by atoms with Crippen LogP contribution < -0.4 is 10.0 Å². The van der Waals surface area contributed by atoms with Gasteiger partial charge in [0.1, 0.15) is 5.69 Å². The molecule has 3 aromatic heterocycles. The van der Waals surface area contributed by atoms with Gasteiger partial charge in [-0.2, -0.15) is 5.10 Å². The summed E-state index contributed by atoms with van der Waals surface area (Å²) in [6, 6.07) is 12.3. The van der Waals surface area contributed by atoms with Gasteiger partial charge < -0.3 is 9.84 Å². The lowest BCUT2D eigenvalue weighted by Gasteiger charge is -2.09. The fourth-order valence-electron chi connectivity index (χ4n) is 2.82. The zero-order valence-corrected chi connectivity index (χ0v) is 15.5. The molecule has 3 heterocycles. The van der Waals surface area contributed by atoms with E-state index in [2.05, 4.69) is 20.3 Å². The molecule has 0 aliphatic carbocycles. The van der Waals surface area contributed by atoms with Crippen LogP contribution >= 0.6 is 0 Å². The van der Waals surface area contributed by atoms with E-state index in [4.69, 9.17) is 4.52 Å². The third kappa shape index (κ3) is 3.96. The van der Waals surface area contributed by atoms with Crippen LogP contribution in [0.25, 0.3) is 16.5 Å². The van der Waals surface area contributed by atoms with Crippen LogP contribution in [-0.4, -0.2) is 41.4 Å². The van der Waals surface area contributed by atoms with E-state index in [9.17, 15) is 13.2 Å². The summed E-state index contributed by atoms with van der Waals surface area (Å²) in [4.78, 5) is 12.1. The lowest BCUT2D eigenvalue weighted by molar-refractivity contribution is -0.120. The van der Waals surface area contributed by atoms with E-state index in [1.165, 1.54) is 0 Å². The van der Waals surface area contributed by atoms with Crippen LogP contribution in [0.3, 0.4) is 0 Å². The summed E-state index contributed by atoms with van der Waals surface area (Å²) in [5, 5.41) is 11.3. The van der Waals surface area contributed by atoms with Crippen molar-refractivity contribution >= 4 is 38.1 Å². The third-order valence-electron chi connectivity index (χ3n) is 4.15. The van der Waals surface area contributed by atoms with Crippen molar-refractivity contribution in [2.75, 3.05) is 17.0 Å². The molecule has 10 heteroatoms. The number of carbonyl (C=O) groups is 1. The predicted octanol–water partition coefficient (Wildman–Crippen LogP) is 1.58. The quantitative estimate of drug-likeness (QED) is 0.487. The molecular weight excluding hydrogens is 382 g/mol. The average Bonchev–Trinajstić information content (AvgIpc) is 3.28.